The minimum Gasteiger partial charge on any atom is -0.306 e. The van der Waals surface area contributed by atoms with Crippen molar-refractivity contribution in [3.8, 4) is 0 Å². The molecule has 2 heterocycles. The number of hydrogen-bond acceptors (Lipinski definition) is 3. The van der Waals surface area contributed by atoms with Gasteiger partial charge in [0.15, 0.2) is 0 Å². The zero-order chi connectivity index (χ0) is 16.7. The highest BCUT2D eigenvalue weighted by atomic mass is 35.5. The second kappa shape index (κ2) is 6.36. The number of nitrogens with one attached hydrogen (secondary N) is 1. The van der Waals surface area contributed by atoms with E-state index in [9.17, 15) is 4.79 Å². The van der Waals surface area contributed by atoms with Gasteiger partial charge in [0.05, 0.1) is 15.4 Å². The molecular weight excluding hydrogens is 363 g/mol. The molecule has 0 spiro atoms. The van der Waals surface area contributed by atoms with Crippen LogP contribution in [0.2, 0.25) is 10.0 Å². The van der Waals surface area contributed by atoms with Gasteiger partial charge in [0, 0.05) is 4.88 Å². The van der Waals surface area contributed by atoms with Gasteiger partial charge in [-0.2, -0.15) is 0 Å². The molecule has 1 N–H and O–H groups in total. The average molecular weight is 377 g/mol. The van der Waals surface area contributed by atoms with Crippen LogP contribution in [-0.4, -0.2) is 9.97 Å². The van der Waals surface area contributed by atoms with E-state index >= 15 is 0 Å². The molecule has 3 aromatic rings. The molecule has 122 valence electrons. The first-order valence-corrected chi connectivity index (χ1v) is 9.37. The quantitative estimate of drug-likeness (QED) is 0.655. The predicted octanol–water partition coefficient (Wildman–Crippen LogP) is 5.34. The Bertz CT molecular complexity index is 1020. The normalized spacial score (nSPS) is 14.4. The van der Waals surface area contributed by atoms with Crippen LogP contribution in [0, 0.1) is 0 Å². The van der Waals surface area contributed by atoms with Crippen LogP contribution >= 0.6 is 34.5 Å². The molecule has 6 heteroatoms. The van der Waals surface area contributed by atoms with Crippen molar-refractivity contribution >= 4 is 56.9 Å². The van der Waals surface area contributed by atoms with Crippen molar-refractivity contribution in [3.05, 3.63) is 60.4 Å². The molecule has 3 nitrogen and oxygen atoms in total. The lowest BCUT2D eigenvalue weighted by atomic mass is 9.97. The van der Waals surface area contributed by atoms with Crippen LogP contribution in [0.3, 0.4) is 0 Å². The third kappa shape index (κ3) is 2.79. The Morgan fingerprint density at radius 2 is 2.00 bits per heavy atom. The number of aryl methyl sites for hydroxylation is 2. The van der Waals surface area contributed by atoms with Gasteiger partial charge in [-0.15, -0.1) is 11.3 Å². The number of benzene rings is 1. The molecule has 0 unspecified atom stereocenters. The third-order valence-corrected chi connectivity index (χ3v) is 6.26. The lowest BCUT2D eigenvalue weighted by Crippen LogP contribution is -2.11. The van der Waals surface area contributed by atoms with Crippen molar-refractivity contribution < 1.29 is 0 Å². The Hall–Kier alpha value is -1.62. The second-order valence-corrected chi connectivity index (χ2v) is 7.69. The molecule has 0 saturated carbocycles. The molecule has 0 radical (unpaired) electrons. The second-order valence-electron chi connectivity index (χ2n) is 5.82. The molecule has 1 aromatic carbocycles. The smallest absolute Gasteiger partial charge is 0.260 e. The van der Waals surface area contributed by atoms with Crippen LogP contribution in [0.5, 0.6) is 0 Å². The fourth-order valence-electron chi connectivity index (χ4n) is 3.08. The lowest BCUT2D eigenvalue weighted by molar-refractivity contribution is 0.700. The topological polar surface area (TPSA) is 45.8 Å². The highest BCUT2D eigenvalue weighted by Gasteiger charge is 2.19. The van der Waals surface area contributed by atoms with Gasteiger partial charge in [0.2, 0.25) is 0 Å². The summed E-state index contributed by atoms with van der Waals surface area (Å²) in [5.74, 6) is 0.530. The molecule has 4 rings (SSSR count). The van der Waals surface area contributed by atoms with Crippen LogP contribution in [0.25, 0.3) is 22.4 Å². The Morgan fingerprint density at radius 1 is 1.17 bits per heavy atom. The summed E-state index contributed by atoms with van der Waals surface area (Å²) in [6.45, 7) is 0. The molecule has 0 bridgehead atoms. The predicted molar refractivity (Wildman–Crippen MR) is 102 cm³/mol. The largest absolute Gasteiger partial charge is 0.306 e. The zero-order valence-corrected chi connectivity index (χ0v) is 15.1. The molecular formula is C18H14Cl2N2OS. The van der Waals surface area contributed by atoms with Crippen molar-refractivity contribution in [1.29, 1.82) is 0 Å². The zero-order valence-electron chi connectivity index (χ0n) is 12.7. The molecule has 0 amide bonds. The average Bonchev–Trinajstić information content (AvgIpc) is 2.95. The van der Waals surface area contributed by atoms with Gasteiger partial charge in [-0.25, -0.2) is 4.98 Å². The summed E-state index contributed by atoms with van der Waals surface area (Å²) in [4.78, 5) is 22.1. The lowest BCUT2D eigenvalue weighted by Gasteiger charge is -2.09. The Morgan fingerprint density at radius 3 is 2.88 bits per heavy atom. The van der Waals surface area contributed by atoms with E-state index in [0.717, 1.165) is 35.0 Å². The van der Waals surface area contributed by atoms with Crippen molar-refractivity contribution in [2.45, 2.75) is 25.7 Å². The minimum atomic E-state index is -0.0590. The van der Waals surface area contributed by atoms with Crippen molar-refractivity contribution in [3.63, 3.8) is 0 Å². The van der Waals surface area contributed by atoms with E-state index in [1.54, 1.807) is 23.5 Å². The summed E-state index contributed by atoms with van der Waals surface area (Å²) in [5.41, 5.74) is 1.93. The van der Waals surface area contributed by atoms with Gasteiger partial charge in [-0.05, 0) is 55.0 Å². The Kier molecular flexibility index (Phi) is 4.21. The maximum Gasteiger partial charge on any atom is 0.260 e. The summed E-state index contributed by atoms with van der Waals surface area (Å²) in [6, 6.07) is 5.44. The SMILES string of the molecule is O=c1[nH]c(C=Cc2cccc(Cl)c2Cl)nc2sc3c(c12)CCCC3. The summed E-state index contributed by atoms with van der Waals surface area (Å²) in [7, 11) is 0. The minimum absolute atomic E-state index is 0.0590. The van der Waals surface area contributed by atoms with Crippen molar-refractivity contribution in [2.24, 2.45) is 0 Å². The first-order valence-electron chi connectivity index (χ1n) is 7.80. The highest BCUT2D eigenvalue weighted by molar-refractivity contribution is 7.18. The maximum absolute atomic E-state index is 12.5. The van der Waals surface area contributed by atoms with Gasteiger partial charge in [-0.3, -0.25) is 4.79 Å². The number of nitrogens with zero attached hydrogens (tertiary/aromatic N) is 1. The van der Waals surface area contributed by atoms with Crippen LogP contribution in [0.1, 0.15) is 34.7 Å². The molecule has 0 fully saturated rings. The molecule has 0 saturated heterocycles. The number of hydrogen-bond donors (Lipinski definition) is 1. The number of halogens is 2. The van der Waals surface area contributed by atoms with Gasteiger partial charge >= 0.3 is 0 Å². The van der Waals surface area contributed by atoms with E-state index in [0.29, 0.717) is 15.9 Å². The maximum atomic E-state index is 12.5. The van der Waals surface area contributed by atoms with Crippen LogP contribution in [-0.2, 0) is 12.8 Å². The fraction of sp³-hybridized carbons (Fsp3) is 0.222. The van der Waals surface area contributed by atoms with E-state index < -0.39 is 0 Å². The summed E-state index contributed by atoms with van der Waals surface area (Å²) in [5, 5.41) is 1.76. The summed E-state index contributed by atoms with van der Waals surface area (Å²) in [6.07, 6.45) is 7.94. The molecule has 24 heavy (non-hydrogen) atoms. The molecule has 2 aromatic heterocycles. The number of thiophene rings is 1. The van der Waals surface area contributed by atoms with E-state index in [1.807, 2.05) is 18.2 Å². The van der Waals surface area contributed by atoms with Gasteiger partial charge in [-0.1, -0.05) is 35.3 Å². The van der Waals surface area contributed by atoms with Gasteiger partial charge in [0.1, 0.15) is 10.7 Å². The number of H-pyrrole nitrogens is 1. The highest BCUT2D eigenvalue weighted by Crippen LogP contribution is 2.33. The molecule has 0 atom stereocenters. The first kappa shape index (κ1) is 15.9. The third-order valence-electron chi connectivity index (χ3n) is 4.25. The fourth-order valence-corrected chi connectivity index (χ4v) is 4.72. The van der Waals surface area contributed by atoms with E-state index in [1.165, 1.54) is 16.9 Å². The van der Waals surface area contributed by atoms with Crippen molar-refractivity contribution in [2.75, 3.05) is 0 Å². The van der Waals surface area contributed by atoms with E-state index in [4.69, 9.17) is 23.2 Å². The van der Waals surface area contributed by atoms with Crippen molar-refractivity contribution in [1.82, 2.24) is 9.97 Å². The Labute approximate surface area is 153 Å². The molecule has 1 aliphatic rings. The monoisotopic (exact) mass is 376 g/mol. The first-order chi connectivity index (χ1) is 11.6. The van der Waals surface area contributed by atoms with E-state index in [2.05, 4.69) is 9.97 Å². The summed E-state index contributed by atoms with van der Waals surface area (Å²) < 4.78 is 0. The standard InChI is InChI=1S/C18H14Cl2N2OS/c19-12-6-3-4-10(16(12)20)8-9-14-21-17(23)15-11-5-1-2-7-13(11)24-18(15)22-14/h3-4,6,8-9H,1-2,5,7H2,(H,21,22,23). The Balaban J connectivity index is 1.77. The summed E-state index contributed by atoms with van der Waals surface area (Å²) >= 11 is 13.8. The van der Waals surface area contributed by atoms with Gasteiger partial charge in [0.25, 0.3) is 5.56 Å². The van der Waals surface area contributed by atoms with Crippen LogP contribution in [0.15, 0.2) is 23.0 Å². The van der Waals surface area contributed by atoms with Gasteiger partial charge < -0.3 is 4.98 Å². The number of aromatic nitrogens is 2. The number of aromatic amines is 1. The van der Waals surface area contributed by atoms with Crippen LogP contribution in [0.4, 0.5) is 0 Å². The van der Waals surface area contributed by atoms with E-state index in [-0.39, 0.29) is 5.56 Å². The number of rotatable bonds is 2. The van der Waals surface area contributed by atoms with Crippen LogP contribution < -0.4 is 5.56 Å². The molecule has 1 aliphatic carbocycles. The molecule has 0 aliphatic heterocycles. The number of fused-ring (bicyclic) bond motifs is 3.